The van der Waals surface area contributed by atoms with Gasteiger partial charge in [0.15, 0.2) is 0 Å². The number of hydrogen-bond donors (Lipinski definition) is 1. The Labute approximate surface area is 95.8 Å². The van der Waals surface area contributed by atoms with Gasteiger partial charge in [0.25, 0.3) is 0 Å². The van der Waals surface area contributed by atoms with Crippen LogP contribution in [0.5, 0.6) is 5.75 Å². The van der Waals surface area contributed by atoms with Gasteiger partial charge in [-0.05, 0) is 29.7 Å². The van der Waals surface area contributed by atoms with Crippen LogP contribution in [-0.2, 0) is 6.42 Å². The van der Waals surface area contributed by atoms with Crippen molar-refractivity contribution in [2.75, 3.05) is 13.7 Å². The van der Waals surface area contributed by atoms with Crippen LogP contribution in [0.4, 0.5) is 0 Å². The Balaban J connectivity index is 3.21. The molecule has 15 heavy (non-hydrogen) atoms. The Morgan fingerprint density at radius 3 is 2.60 bits per heavy atom. The van der Waals surface area contributed by atoms with E-state index in [0.717, 1.165) is 12.0 Å². The molecule has 0 amide bonds. The summed E-state index contributed by atoms with van der Waals surface area (Å²) in [6.45, 7) is 4.20. The highest BCUT2D eigenvalue weighted by Gasteiger charge is 2.12. The summed E-state index contributed by atoms with van der Waals surface area (Å²) in [7, 11) is 1.61. The molecule has 1 rings (SSSR count). The molecule has 0 bridgehead atoms. The van der Waals surface area contributed by atoms with Crippen molar-refractivity contribution in [3.8, 4) is 5.75 Å². The van der Waals surface area contributed by atoms with Gasteiger partial charge in [-0.3, -0.25) is 0 Å². The van der Waals surface area contributed by atoms with Crippen LogP contribution in [0, 0.1) is 0 Å². The molecular formula is C12H17ClO2. The van der Waals surface area contributed by atoms with Crippen LogP contribution in [0.3, 0.4) is 0 Å². The van der Waals surface area contributed by atoms with Gasteiger partial charge in [-0.1, -0.05) is 25.4 Å². The molecule has 1 atom stereocenters. The van der Waals surface area contributed by atoms with E-state index in [-0.39, 0.29) is 12.5 Å². The van der Waals surface area contributed by atoms with Crippen molar-refractivity contribution in [1.82, 2.24) is 0 Å². The second kappa shape index (κ2) is 5.38. The van der Waals surface area contributed by atoms with E-state index in [9.17, 15) is 0 Å². The molecule has 1 aromatic rings. The SMILES string of the molecule is CCc1cc(OC)c(Cl)cc1C(C)CO. The minimum Gasteiger partial charge on any atom is -0.495 e. The molecule has 0 aliphatic rings. The summed E-state index contributed by atoms with van der Waals surface area (Å²) in [6, 6.07) is 3.84. The number of aliphatic hydroxyl groups excluding tert-OH is 1. The van der Waals surface area contributed by atoms with Crippen molar-refractivity contribution >= 4 is 11.6 Å². The lowest BCUT2D eigenvalue weighted by Crippen LogP contribution is -2.03. The van der Waals surface area contributed by atoms with Gasteiger partial charge in [0.2, 0.25) is 0 Å². The lowest BCUT2D eigenvalue weighted by atomic mass is 9.94. The normalized spacial score (nSPS) is 12.6. The van der Waals surface area contributed by atoms with Crippen molar-refractivity contribution in [3.63, 3.8) is 0 Å². The lowest BCUT2D eigenvalue weighted by molar-refractivity contribution is 0.272. The molecule has 2 nitrogen and oxygen atoms in total. The van der Waals surface area contributed by atoms with E-state index in [1.165, 1.54) is 5.56 Å². The molecule has 0 saturated carbocycles. The summed E-state index contributed by atoms with van der Waals surface area (Å²) in [5.74, 6) is 0.811. The molecule has 0 fully saturated rings. The van der Waals surface area contributed by atoms with E-state index >= 15 is 0 Å². The molecule has 1 unspecified atom stereocenters. The first-order chi connectivity index (χ1) is 7.13. The van der Waals surface area contributed by atoms with Gasteiger partial charge >= 0.3 is 0 Å². The van der Waals surface area contributed by atoms with Crippen LogP contribution in [0.15, 0.2) is 12.1 Å². The quantitative estimate of drug-likeness (QED) is 0.859. The van der Waals surface area contributed by atoms with Crippen molar-refractivity contribution < 1.29 is 9.84 Å². The van der Waals surface area contributed by atoms with E-state index < -0.39 is 0 Å². The highest BCUT2D eigenvalue weighted by molar-refractivity contribution is 6.32. The Hall–Kier alpha value is -0.730. The molecule has 1 N–H and O–H groups in total. The maximum absolute atomic E-state index is 9.15. The molecule has 0 aromatic heterocycles. The molecule has 0 spiro atoms. The van der Waals surface area contributed by atoms with Gasteiger partial charge in [-0.2, -0.15) is 0 Å². The first kappa shape index (κ1) is 12.3. The summed E-state index contributed by atoms with van der Waals surface area (Å²) in [6.07, 6.45) is 0.910. The van der Waals surface area contributed by atoms with Crippen LogP contribution in [0.2, 0.25) is 5.02 Å². The number of methoxy groups -OCH3 is 1. The third-order valence-corrected chi connectivity index (χ3v) is 2.89. The van der Waals surface area contributed by atoms with E-state index in [0.29, 0.717) is 10.8 Å². The van der Waals surface area contributed by atoms with Crippen LogP contribution in [0.1, 0.15) is 30.9 Å². The van der Waals surface area contributed by atoms with E-state index in [4.69, 9.17) is 21.4 Å². The predicted molar refractivity (Wildman–Crippen MR) is 62.9 cm³/mol. The van der Waals surface area contributed by atoms with Crippen LogP contribution < -0.4 is 4.74 Å². The highest BCUT2D eigenvalue weighted by atomic mass is 35.5. The molecule has 84 valence electrons. The average molecular weight is 229 g/mol. The zero-order valence-electron chi connectivity index (χ0n) is 9.38. The van der Waals surface area contributed by atoms with Gasteiger partial charge in [-0.25, -0.2) is 0 Å². The Morgan fingerprint density at radius 1 is 1.47 bits per heavy atom. The molecule has 1 aromatic carbocycles. The highest BCUT2D eigenvalue weighted by Crippen LogP contribution is 2.31. The largest absolute Gasteiger partial charge is 0.495 e. The molecule has 0 aliphatic heterocycles. The number of aryl methyl sites for hydroxylation is 1. The summed E-state index contributed by atoms with van der Waals surface area (Å²) in [5, 5.41) is 9.75. The summed E-state index contributed by atoms with van der Waals surface area (Å²) >= 11 is 6.05. The lowest BCUT2D eigenvalue weighted by Gasteiger charge is -2.15. The van der Waals surface area contributed by atoms with Crippen molar-refractivity contribution in [2.24, 2.45) is 0 Å². The number of aliphatic hydroxyl groups is 1. The maximum Gasteiger partial charge on any atom is 0.137 e. The zero-order chi connectivity index (χ0) is 11.4. The van der Waals surface area contributed by atoms with Crippen LogP contribution in [0.25, 0.3) is 0 Å². The Kier molecular flexibility index (Phi) is 4.43. The predicted octanol–water partition coefficient (Wildman–Crippen LogP) is 3.01. The van der Waals surface area contributed by atoms with Crippen molar-refractivity contribution in [3.05, 3.63) is 28.3 Å². The Morgan fingerprint density at radius 2 is 2.13 bits per heavy atom. The monoisotopic (exact) mass is 228 g/mol. The maximum atomic E-state index is 9.15. The molecule has 0 aliphatic carbocycles. The smallest absolute Gasteiger partial charge is 0.137 e. The van der Waals surface area contributed by atoms with E-state index in [1.54, 1.807) is 7.11 Å². The number of ether oxygens (including phenoxy) is 1. The van der Waals surface area contributed by atoms with E-state index in [2.05, 4.69) is 6.92 Å². The molecule has 0 radical (unpaired) electrons. The minimum atomic E-state index is 0.114. The summed E-state index contributed by atoms with van der Waals surface area (Å²) in [4.78, 5) is 0. The standard InChI is InChI=1S/C12H17ClO2/c1-4-9-5-12(15-3)11(13)6-10(9)8(2)7-14/h5-6,8,14H,4,7H2,1-3H3. The summed E-state index contributed by atoms with van der Waals surface area (Å²) in [5.41, 5.74) is 2.28. The fourth-order valence-electron chi connectivity index (χ4n) is 1.63. The minimum absolute atomic E-state index is 0.114. The van der Waals surface area contributed by atoms with Gasteiger partial charge in [-0.15, -0.1) is 0 Å². The van der Waals surface area contributed by atoms with E-state index in [1.807, 2.05) is 19.1 Å². The van der Waals surface area contributed by atoms with Crippen LogP contribution >= 0.6 is 11.6 Å². The third-order valence-electron chi connectivity index (χ3n) is 2.60. The fraction of sp³-hybridized carbons (Fsp3) is 0.500. The average Bonchev–Trinajstić information content (AvgIpc) is 2.27. The fourth-order valence-corrected chi connectivity index (χ4v) is 1.88. The summed E-state index contributed by atoms with van der Waals surface area (Å²) < 4.78 is 5.16. The number of rotatable bonds is 4. The first-order valence-electron chi connectivity index (χ1n) is 5.11. The zero-order valence-corrected chi connectivity index (χ0v) is 10.1. The van der Waals surface area contributed by atoms with Gasteiger partial charge in [0.05, 0.1) is 12.1 Å². The van der Waals surface area contributed by atoms with Crippen molar-refractivity contribution in [1.29, 1.82) is 0 Å². The topological polar surface area (TPSA) is 29.5 Å². The Bertz CT molecular complexity index is 337. The second-order valence-electron chi connectivity index (χ2n) is 3.62. The number of hydrogen-bond acceptors (Lipinski definition) is 2. The van der Waals surface area contributed by atoms with Crippen molar-refractivity contribution in [2.45, 2.75) is 26.2 Å². The molecule has 0 saturated heterocycles. The van der Waals surface area contributed by atoms with Gasteiger partial charge in [0, 0.05) is 12.5 Å². The first-order valence-corrected chi connectivity index (χ1v) is 5.49. The van der Waals surface area contributed by atoms with Gasteiger partial charge in [0.1, 0.15) is 5.75 Å². The number of benzene rings is 1. The third kappa shape index (κ3) is 2.64. The molecule has 0 heterocycles. The molecular weight excluding hydrogens is 212 g/mol. The van der Waals surface area contributed by atoms with Crippen LogP contribution in [-0.4, -0.2) is 18.8 Å². The number of halogens is 1. The van der Waals surface area contributed by atoms with Gasteiger partial charge < -0.3 is 9.84 Å². The molecule has 3 heteroatoms. The second-order valence-corrected chi connectivity index (χ2v) is 4.03.